The fourth-order valence-corrected chi connectivity index (χ4v) is 2.52. The van der Waals surface area contributed by atoms with E-state index in [2.05, 4.69) is 5.32 Å². The molecule has 1 heterocycles. The SMILES string of the molecule is CO[C@@H]1O[C@@H](C)[C@@H](NC(=O)OCC(Cl)(Cl)Cl)[C@@H](OC(C)=O)[C@H]1OC(C)=O. The maximum atomic E-state index is 12.0. The smallest absolute Gasteiger partial charge is 0.407 e. The number of halogens is 3. The minimum atomic E-state index is -1.79. The Morgan fingerprint density at radius 2 is 1.62 bits per heavy atom. The predicted octanol–water partition coefficient (Wildman–Crippen LogP) is 1.71. The highest BCUT2D eigenvalue weighted by Crippen LogP contribution is 2.28. The molecule has 1 fully saturated rings. The molecule has 1 N–H and O–H groups in total. The number of methoxy groups -OCH3 is 1. The van der Waals surface area contributed by atoms with Crippen molar-refractivity contribution in [2.45, 2.75) is 55.2 Å². The van der Waals surface area contributed by atoms with Crippen LogP contribution in [0.2, 0.25) is 0 Å². The fourth-order valence-electron chi connectivity index (χ4n) is 2.36. The van der Waals surface area contributed by atoms with E-state index >= 15 is 0 Å². The van der Waals surface area contributed by atoms with Gasteiger partial charge in [0.1, 0.15) is 6.61 Å². The summed E-state index contributed by atoms with van der Waals surface area (Å²) in [6.07, 6.45) is -4.84. The molecule has 0 saturated carbocycles. The second-order valence-corrected chi connectivity index (χ2v) is 7.97. The summed E-state index contributed by atoms with van der Waals surface area (Å²) in [6.45, 7) is 3.45. The van der Waals surface area contributed by atoms with Crippen molar-refractivity contribution in [3.63, 3.8) is 0 Å². The molecule has 0 bridgehead atoms. The normalized spacial score (nSPS) is 28.8. The van der Waals surface area contributed by atoms with Crippen LogP contribution < -0.4 is 5.32 Å². The fraction of sp³-hybridized carbons (Fsp3) is 0.786. The van der Waals surface area contributed by atoms with Crippen LogP contribution >= 0.6 is 34.8 Å². The Morgan fingerprint density at radius 3 is 2.08 bits per heavy atom. The highest BCUT2D eigenvalue weighted by molar-refractivity contribution is 6.67. The van der Waals surface area contributed by atoms with E-state index in [1.165, 1.54) is 21.0 Å². The number of ether oxygens (including phenoxy) is 5. The molecule has 0 aromatic rings. The standard InChI is InChI=1S/C14H20Cl3NO8/c1-6-9(18-13(21)23-5-14(15,16)17)10(25-7(2)19)11(26-8(3)20)12(22-4)24-6/h6,9-12H,5H2,1-4H3,(H,18,21)/t6-,9+,10+,11+,12+/m0/s1. The summed E-state index contributed by atoms with van der Waals surface area (Å²) in [5, 5.41) is 2.46. The van der Waals surface area contributed by atoms with Gasteiger partial charge in [-0.05, 0) is 6.92 Å². The summed E-state index contributed by atoms with van der Waals surface area (Å²) < 4.78 is 24.1. The van der Waals surface area contributed by atoms with E-state index in [0.717, 1.165) is 0 Å². The van der Waals surface area contributed by atoms with Gasteiger partial charge in [-0.15, -0.1) is 0 Å². The highest BCUT2D eigenvalue weighted by Gasteiger charge is 2.49. The van der Waals surface area contributed by atoms with E-state index in [9.17, 15) is 14.4 Å². The van der Waals surface area contributed by atoms with Gasteiger partial charge < -0.3 is 29.0 Å². The van der Waals surface area contributed by atoms with Crippen LogP contribution in [0.15, 0.2) is 0 Å². The minimum absolute atomic E-state index is 0.502. The number of hydrogen-bond donors (Lipinski definition) is 1. The number of hydrogen-bond acceptors (Lipinski definition) is 8. The Balaban J connectivity index is 2.98. The van der Waals surface area contributed by atoms with Crippen LogP contribution in [-0.4, -0.2) is 66.2 Å². The zero-order chi connectivity index (χ0) is 20.1. The molecule has 9 nitrogen and oxygen atoms in total. The van der Waals surface area contributed by atoms with Crippen LogP contribution in [0.4, 0.5) is 4.79 Å². The third kappa shape index (κ3) is 7.32. The third-order valence-electron chi connectivity index (χ3n) is 3.29. The van der Waals surface area contributed by atoms with E-state index in [1.807, 2.05) is 0 Å². The maximum absolute atomic E-state index is 12.0. The first kappa shape index (κ1) is 23.0. The topological polar surface area (TPSA) is 109 Å². The van der Waals surface area contributed by atoms with E-state index < -0.39 is 59.1 Å². The molecule has 0 aromatic heterocycles. The van der Waals surface area contributed by atoms with Crippen molar-refractivity contribution >= 4 is 52.8 Å². The van der Waals surface area contributed by atoms with Gasteiger partial charge in [-0.1, -0.05) is 34.8 Å². The Bertz CT molecular complexity index is 527. The van der Waals surface area contributed by atoms with Gasteiger partial charge in [0, 0.05) is 21.0 Å². The number of carbonyl (C=O) groups is 3. The zero-order valence-corrected chi connectivity index (χ0v) is 16.8. The number of esters is 2. The molecule has 12 heteroatoms. The predicted molar refractivity (Wildman–Crippen MR) is 91.0 cm³/mol. The van der Waals surface area contributed by atoms with E-state index in [-0.39, 0.29) is 0 Å². The summed E-state index contributed by atoms with van der Waals surface area (Å²) in [6, 6.07) is -0.919. The zero-order valence-electron chi connectivity index (χ0n) is 14.5. The molecule has 1 amide bonds. The van der Waals surface area contributed by atoms with Crippen molar-refractivity contribution in [3.8, 4) is 0 Å². The number of alkyl halides is 3. The van der Waals surface area contributed by atoms with Crippen LogP contribution in [0.25, 0.3) is 0 Å². The lowest BCUT2D eigenvalue weighted by Crippen LogP contribution is -2.65. The van der Waals surface area contributed by atoms with E-state index in [1.54, 1.807) is 6.92 Å². The van der Waals surface area contributed by atoms with E-state index in [0.29, 0.717) is 0 Å². The lowest BCUT2D eigenvalue weighted by Gasteiger charge is -2.43. The van der Waals surface area contributed by atoms with Crippen LogP contribution in [0.5, 0.6) is 0 Å². The van der Waals surface area contributed by atoms with Gasteiger partial charge in [0.15, 0.2) is 18.5 Å². The Kier molecular flexibility index (Phi) is 8.68. The van der Waals surface area contributed by atoms with Crippen LogP contribution in [0.3, 0.4) is 0 Å². The van der Waals surface area contributed by atoms with Crippen molar-refractivity contribution < 1.29 is 38.1 Å². The lowest BCUT2D eigenvalue weighted by molar-refractivity contribution is -0.272. The average Bonchev–Trinajstić information content (AvgIpc) is 2.49. The maximum Gasteiger partial charge on any atom is 0.407 e. The van der Waals surface area contributed by atoms with Gasteiger partial charge in [0.05, 0.1) is 12.1 Å². The molecule has 0 unspecified atom stereocenters. The third-order valence-corrected chi connectivity index (χ3v) is 3.62. The van der Waals surface area contributed by atoms with Crippen molar-refractivity contribution in [2.24, 2.45) is 0 Å². The molecule has 0 spiro atoms. The van der Waals surface area contributed by atoms with Gasteiger partial charge >= 0.3 is 18.0 Å². The summed E-state index contributed by atoms with van der Waals surface area (Å²) in [7, 11) is 1.34. The summed E-state index contributed by atoms with van der Waals surface area (Å²) in [5.41, 5.74) is 0. The number of carbonyl (C=O) groups excluding carboxylic acids is 3. The van der Waals surface area contributed by atoms with Crippen LogP contribution in [-0.2, 0) is 33.3 Å². The van der Waals surface area contributed by atoms with Crippen molar-refractivity contribution in [1.29, 1.82) is 0 Å². The number of amides is 1. The molecule has 1 aliphatic rings. The van der Waals surface area contributed by atoms with Crippen LogP contribution in [0.1, 0.15) is 20.8 Å². The van der Waals surface area contributed by atoms with Gasteiger partial charge in [-0.2, -0.15) is 0 Å². The molecule has 1 rings (SSSR count). The number of rotatable bonds is 5. The van der Waals surface area contributed by atoms with E-state index in [4.69, 9.17) is 58.5 Å². The highest BCUT2D eigenvalue weighted by atomic mass is 35.6. The molecule has 0 radical (unpaired) electrons. The van der Waals surface area contributed by atoms with Gasteiger partial charge in [-0.3, -0.25) is 9.59 Å². The molecule has 5 atom stereocenters. The summed E-state index contributed by atoms with van der Waals surface area (Å²) in [4.78, 5) is 34.9. The Hall–Kier alpha value is -1.00. The first-order valence-electron chi connectivity index (χ1n) is 7.47. The second kappa shape index (κ2) is 9.80. The van der Waals surface area contributed by atoms with Gasteiger partial charge in [0.25, 0.3) is 0 Å². The number of nitrogens with one attached hydrogen (secondary N) is 1. The van der Waals surface area contributed by atoms with Crippen molar-refractivity contribution in [1.82, 2.24) is 5.32 Å². The molecular formula is C14H20Cl3NO8. The second-order valence-electron chi connectivity index (χ2n) is 5.45. The van der Waals surface area contributed by atoms with Crippen molar-refractivity contribution in [2.75, 3.05) is 13.7 Å². The molecule has 1 aliphatic heterocycles. The van der Waals surface area contributed by atoms with Crippen molar-refractivity contribution in [3.05, 3.63) is 0 Å². The molecule has 0 aromatic carbocycles. The summed E-state index contributed by atoms with van der Waals surface area (Å²) >= 11 is 16.6. The van der Waals surface area contributed by atoms with Gasteiger partial charge in [0.2, 0.25) is 3.79 Å². The average molecular weight is 437 g/mol. The lowest BCUT2D eigenvalue weighted by atomic mass is 9.96. The quantitative estimate of drug-likeness (QED) is 0.394. The summed E-state index contributed by atoms with van der Waals surface area (Å²) in [5.74, 6) is -1.30. The number of alkyl carbamates (subject to hydrolysis) is 1. The van der Waals surface area contributed by atoms with Crippen LogP contribution in [0, 0.1) is 0 Å². The first-order valence-corrected chi connectivity index (χ1v) is 8.60. The molecule has 1 saturated heterocycles. The molecular weight excluding hydrogens is 417 g/mol. The first-order chi connectivity index (χ1) is 11.9. The minimum Gasteiger partial charge on any atom is -0.456 e. The Labute approximate surface area is 165 Å². The monoisotopic (exact) mass is 435 g/mol. The largest absolute Gasteiger partial charge is 0.456 e. The molecule has 26 heavy (non-hydrogen) atoms. The Morgan fingerprint density at radius 1 is 1.08 bits per heavy atom. The molecule has 0 aliphatic carbocycles. The molecule has 150 valence electrons. The van der Waals surface area contributed by atoms with Gasteiger partial charge in [-0.25, -0.2) is 4.79 Å².